The maximum atomic E-state index is 13.0. The summed E-state index contributed by atoms with van der Waals surface area (Å²) in [4.78, 5) is 58.7. The van der Waals surface area contributed by atoms with Crippen LogP contribution in [0.5, 0.6) is 0 Å². The lowest BCUT2D eigenvalue weighted by molar-refractivity contribution is -0.161. The lowest BCUT2D eigenvalue weighted by Gasteiger charge is -2.21. The number of carbonyl (C=O) groups excluding carboxylic acids is 3. The first-order valence-corrected chi connectivity index (χ1v) is 44.8. The molecular weight excluding hydrogens is 1360 g/mol. The Labute approximate surface area is 640 Å². The second-order valence-electron chi connectivity index (χ2n) is 27.9. The van der Waals surface area contributed by atoms with Crippen molar-refractivity contribution in [3.05, 3.63) is 122 Å². The number of rotatable bonds is 79. The number of aliphatic hydroxyl groups excluding tert-OH is 2. The molecule has 105 heavy (non-hydrogen) atoms. The molecule has 0 saturated heterocycles. The average molecular weight is 1520 g/mol. The van der Waals surface area contributed by atoms with Crippen molar-refractivity contribution in [2.75, 3.05) is 39.6 Å². The van der Waals surface area contributed by atoms with E-state index in [0.717, 1.165) is 141 Å². The quantitative estimate of drug-likeness (QED) is 0.0146. The predicted molar refractivity (Wildman–Crippen MR) is 436 cm³/mol. The Bertz CT molecular complexity index is 2390. The summed E-state index contributed by atoms with van der Waals surface area (Å²) in [5.41, 5.74) is 0. The number of aliphatic hydroxyl groups is 2. The van der Waals surface area contributed by atoms with Crippen molar-refractivity contribution in [3.63, 3.8) is 0 Å². The van der Waals surface area contributed by atoms with Gasteiger partial charge in [-0.2, -0.15) is 0 Å². The molecule has 18 heteroatoms. The van der Waals surface area contributed by atoms with Crippen LogP contribution in [0.25, 0.3) is 0 Å². The van der Waals surface area contributed by atoms with E-state index in [2.05, 4.69) is 142 Å². The Morgan fingerprint density at radius 3 is 0.819 bits per heavy atom. The molecule has 0 aromatic heterocycles. The van der Waals surface area contributed by atoms with Crippen LogP contribution in [0.15, 0.2) is 122 Å². The number of hydrogen-bond acceptors (Lipinski definition) is 14. The van der Waals surface area contributed by atoms with E-state index in [1.807, 2.05) is 0 Å². The van der Waals surface area contributed by atoms with Gasteiger partial charge < -0.3 is 34.2 Å². The van der Waals surface area contributed by atoms with Crippen molar-refractivity contribution in [1.29, 1.82) is 0 Å². The van der Waals surface area contributed by atoms with Gasteiger partial charge in [0, 0.05) is 19.3 Å². The maximum absolute atomic E-state index is 13.0. The molecule has 0 aromatic rings. The van der Waals surface area contributed by atoms with Gasteiger partial charge >= 0.3 is 33.6 Å². The first kappa shape index (κ1) is 101. The van der Waals surface area contributed by atoms with Crippen LogP contribution < -0.4 is 0 Å². The highest BCUT2D eigenvalue weighted by atomic mass is 31.2. The fraction of sp³-hybridized carbons (Fsp3) is 0.736. The fourth-order valence-corrected chi connectivity index (χ4v) is 12.9. The average Bonchev–Trinajstić information content (AvgIpc) is 0.913. The van der Waals surface area contributed by atoms with Gasteiger partial charge in [0.15, 0.2) is 6.10 Å². The van der Waals surface area contributed by atoms with E-state index in [-0.39, 0.29) is 19.3 Å². The fourth-order valence-electron chi connectivity index (χ4n) is 11.3. The molecule has 0 aromatic carbocycles. The summed E-state index contributed by atoms with van der Waals surface area (Å²) in [5.74, 6) is -1.57. The van der Waals surface area contributed by atoms with Gasteiger partial charge in [-0.1, -0.05) is 341 Å². The zero-order valence-electron chi connectivity index (χ0n) is 66.4. The number of carbonyl (C=O) groups is 3. The van der Waals surface area contributed by atoms with Gasteiger partial charge in [0.25, 0.3) is 0 Å². The molecule has 0 amide bonds. The van der Waals surface area contributed by atoms with Crippen LogP contribution in [0, 0.1) is 0 Å². The highest BCUT2D eigenvalue weighted by molar-refractivity contribution is 7.47. The molecule has 0 rings (SSSR count). The number of phosphoric ester groups is 2. The second-order valence-corrected chi connectivity index (χ2v) is 30.8. The Hall–Kier alpha value is -4.05. The summed E-state index contributed by atoms with van der Waals surface area (Å²) in [7, 11) is -9.79. The van der Waals surface area contributed by atoms with Crippen LogP contribution >= 0.6 is 15.6 Å². The van der Waals surface area contributed by atoms with Crippen LogP contribution in [0.2, 0.25) is 0 Å². The van der Waals surface area contributed by atoms with Crippen molar-refractivity contribution < 1.29 is 75.8 Å². The van der Waals surface area contributed by atoms with Crippen molar-refractivity contribution >= 4 is 33.6 Å². The molecule has 0 aliphatic rings. The Morgan fingerprint density at radius 1 is 0.276 bits per heavy atom. The lowest BCUT2D eigenvalue weighted by Crippen LogP contribution is -2.30. The highest BCUT2D eigenvalue weighted by Gasteiger charge is 2.29. The molecule has 5 atom stereocenters. The van der Waals surface area contributed by atoms with E-state index in [1.165, 1.54) is 154 Å². The molecule has 0 fully saturated rings. The SMILES string of the molecule is CC/C=C\C/C=C\C/C=C\C/C=C\C/C=C\C/C=C\CCCCCCCCCCC(=O)OCC(COP(=O)(O)OCC(O)COP(=O)(O)OCC(O)COC(=O)CCCCCCCCCCCCCCC/C=C\C/C=C\C/C=C\C/C=C\CCCCC)OC(=O)CCCCCCCCCCCCCCC. The molecule has 0 aliphatic carbocycles. The third kappa shape index (κ3) is 80.8. The van der Waals surface area contributed by atoms with Crippen LogP contribution in [-0.2, 0) is 55.8 Å². The third-order valence-corrected chi connectivity index (χ3v) is 19.6. The molecule has 16 nitrogen and oxygen atoms in total. The summed E-state index contributed by atoms with van der Waals surface area (Å²) >= 11 is 0. The van der Waals surface area contributed by atoms with Gasteiger partial charge in [0.2, 0.25) is 0 Å². The van der Waals surface area contributed by atoms with E-state index >= 15 is 0 Å². The number of hydrogen-bond donors (Lipinski definition) is 4. The Morgan fingerprint density at radius 2 is 0.505 bits per heavy atom. The van der Waals surface area contributed by atoms with Crippen molar-refractivity contribution in [1.82, 2.24) is 0 Å². The number of phosphoric acid groups is 2. The molecule has 606 valence electrons. The van der Waals surface area contributed by atoms with Crippen LogP contribution in [-0.4, -0.2) is 95.9 Å². The van der Waals surface area contributed by atoms with Gasteiger partial charge in [-0.25, -0.2) is 9.13 Å². The minimum Gasteiger partial charge on any atom is -0.463 e. The number of unbranched alkanes of at least 4 members (excludes halogenated alkanes) is 36. The van der Waals surface area contributed by atoms with E-state index in [9.17, 15) is 43.5 Å². The smallest absolute Gasteiger partial charge is 0.463 e. The van der Waals surface area contributed by atoms with Gasteiger partial charge in [0.1, 0.15) is 25.4 Å². The van der Waals surface area contributed by atoms with Crippen molar-refractivity contribution in [2.24, 2.45) is 0 Å². The Kier molecular flexibility index (Phi) is 76.4. The van der Waals surface area contributed by atoms with E-state index in [0.29, 0.717) is 19.3 Å². The molecule has 5 unspecified atom stereocenters. The Balaban J connectivity index is 4.49. The van der Waals surface area contributed by atoms with E-state index in [1.54, 1.807) is 0 Å². The molecule has 0 radical (unpaired) electrons. The minimum absolute atomic E-state index is 0.104. The summed E-state index contributed by atoms with van der Waals surface area (Å²) in [6, 6.07) is 0. The number of ether oxygens (including phenoxy) is 3. The van der Waals surface area contributed by atoms with Gasteiger partial charge in [0.05, 0.1) is 26.4 Å². The summed E-state index contributed by atoms with van der Waals surface area (Å²) in [6.07, 6.45) is 95.3. The predicted octanol–water partition coefficient (Wildman–Crippen LogP) is 24.9. The molecule has 0 spiro atoms. The third-order valence-electron chi connectivity index (χ3n) is 17.7. The minimum atomic E-state index is -4.93. The summed E-state index contributed by atoms with van der Waals surface area (Å²) in [6.45, 7) is 2.57. The molecule has 0 saturated carbocycles. The maximum Gasteiger partial charge on any atom is 0.472 e. The molecule has 0 heterocycles. The van der Waals surface area contributed by atoms with Crippen molar-refractivity contribution in [3.8, 4) is 0 Å². The molecule has 4 N–H and O–H groups in total. The zero-order chi connectivity index (χ0) is 76.6. The summed E-state index contributed by atoms with van der Waals surface area (Å²) in [5, 5.41) is 20.7. The topological polar surface area (TPSA) is 231 Å². The summed E-state index contributed by atoms with van der Waals surface area (Å²) < 4.78 is 61.2. The molecule has 0 aliphatic heterocycles. The monoisotopic (exact) mass is 1520 g/mol. The van der Waals surface area contributed by atoms with Crippen molar-refractivity contribution in [2.45, 2.75) is 373 Å². The van der Waals surface area contributed by atoms with Crippen LogP contribution in [0.4, 0.5) is 0 Å². The number of allylic oxidation sites excluding steroid dienone is 20. The molecular formula is C87H152O16P2. The zero-order valence-corrected chi connectivity index (χ0v) is 68.2. The van der Waals surface area contributed by atoms with E-state index in [4.69, 9.17) is 32.3 Å². The van der Waals surface area contributed by atoms with Gasteiger partial charge in [-0.05, 0) is 116 Å². The first-order chi connectivity index (χ1) is 51.2. The van der Waals surface area contributed by atoms with Gasteiger partial charge in [-0.3, -0.25) is 32.5 Å². The lowest BCUT2D eigenvalue weighted by atomic mass is 10.0. The highest BCUT2D eigenvalue weighted by Crippen LogP contribution is 2.45. The van der Waals surface area contributed by atoms with Crippen LogP contribution in [0.3, 0.4) is 0 Å². The standard InChI is InChI=1S/C87H152O16P2/c1-4-7-10-13-16-19-22-25-27-29-31-33-35-37-39-40-42-44-45-47-49-51-53-56-58-61-64-67-70-73-85(90)97-76-82(88)77-99-104(93,94)100-78-83(89)79-101-105(95,96)102-81-84(103-87(92)75-72-69-66-63-60-55-24-21-18-15-12-9-6-3)80-98-86(91)74-71-68-65-62-59-57-54-52-50-48-46-43-41-38-36-34-32-30-28-26-23-20-17-14-11-8-5-2/h8,11,16-17,19-20,25-28,31-34,37-39,41,46,48,82-84,88-89H,4-7,9-10,12-15,18,21-24,29-30,35-36,40,42-45,47,49-81H2,1-3H3,(H,93,94)(H,95,96)/b11-8-,19-16-,20-17-,27-25-,28-26-,33-31-,34-32-,39-37-,41-38-,48-46-. The van der Waals surface area contributed by atoms with Gasteiger partial charge in [-0.15, -0.1) is 0 Å². The van der Waals surface area contributed by atoms with E-state index < -0.39 is 91.5 Å². The second kappa shape index (κ2) is 79.5. The molecule has 0 bridgehead atoms. The normalized spacial score (nSPS) is 14.5. The largest absolute Gasteiger partial charge is 0.472 e. The number of esters is 3. The van der Waals surface area contributed by atoms with Crippen LogP contribution in [0.1, 0.15) is 355 Å². The first-order valence-electron chi connectivity index (χ1n) is 41.8.